The lowest BCUT2D eigenvalue weighted by Gasteiger charge is -2.36. The largest absolute Gasteiger partial charge is 0.368 e. The number of carbonyl (C=O) groups excluding carboxylic acids is 1. The zero-order chi connectivity index (χ0) is 16.4. The highest BCUT2D eigenvalue weighted by Gasteiger charge is 2.24. The third-order valence-corrected chi connectivity index (χ3v) is 4.65. The van der Waals surface area contributed by atoms with Gasteiger partial charge in [0.2, 0.25) is 0 Å². The number of aromatic nitrogens is 1. The van der Waals surface area contributed by atoms with Crippen molar-refractivity contribution in [1.29, 1.82) is 0 Å². The first kappa shape index (κ1) is 15.0. The maximum absolute atomic E-state index is 12.0. The third kappa shape index (κ3) is 3.35. The lowest BCUT2D eigenvalue weighted by Crippen LogP contribution is -2.46. The van der Waals surface area contributed by atoms with Gasteiger partial charge in [-0.25, -0.2) is 4.98 Å². The summed E-state index contributed by atoms with van der Waals surface area (Å²) in [5, 5.41) is 2.99. The summed E-state index contributed by atoms with van der Waals surface area (Å²) in [6, 6.07) is 14.7. The Labute approximate surface area is 142 Å². The molecule has 0 unspecified atom stereocenters. The zero-order valence-corrected chi connectivity index (χ0v) is 13.7. The van der Waals surface area contributed by atoms with Crippen molar-refractivity contribution in [3.05, 3.63) is 54.2 Å². The molecule has 0 spiro atoms. The minimum Gasteiger partial charge on any atom is -0.368 e. The van der Waals surface area contributed by atoms with Crippen molar-refractivity contribution in [2.75, 3.05) is 36.0 Å². The molecule has 0 atom stereocenters. The predicted octanol–water partition coefficient (Wildman–Crippen LogP) is 2.30. The van der Waals surface area contributed by atoms with E-state index in [0.29, 0.717) is 11.6 Å². The van der Waals surface area contributed by atoms with Crippen molar-refractivity contribution in [2.24, 2.45) is 0 Å². The van der Waals surface area contributed by atoms with Crippen molar-refractivity contribution in [3.8, 4) is 0 Å². The highest BCUT2D eigenvalue weighted by molar-refractivity contribution is 5.94. The molecule has 0 radical (unpaired) electrons. The van der Waals surface area contributed by atoms with Gasteiger partial charge in [-0.1, -0.05) is 18.2 Å². The Morgan fingerprint density at radius 3 is 2.29 bits per heavy atom. The van der Waals surface area contributed by atoms with Crippen LogP contribution in [0, 0.1) is 0 Å². The number of pyridine rings is 1. The van der Waals surface area contributed by atoms with Gasteiger partial charge in [-0.3, -0.25) is 4.79 Å². The van der Waals surface area contributed by atoms with Crippen molar-refractivity contribution >= 4 is 17.4 Å². The Bertz CT molecular complexity index is 689. The lowest BCUT2D eigenvalue weighted by molar-refractivity contribution is 0.0950. The van der Waals surface area contributed by atoms with Gasteiger partial charge in [-0.05, 0) is 37.1 Å². The minimum atomic E-state index is -0.00885. The standard InChI is InChI=1S/C19H22N4O/c24-19(21-16-7-8-16)15-6-9-18(20-14-15)23-12-10-22(11-13-23)17-4-2-1-3-5-17/h1-6,9,14,16H,7-8,10-13H2,(H,21,24). The van der Waals surface area contributed by atoms with Gasteiger partial charge in [-0.15, -0.1) is 0 Å². The van der Waals surface area contributed by atoms with E-state index in [2.05, 4.69) is 44.4 Å². The minimum absolute atomic E-state index is 0.00885. The number of nitrogens with zero attached hydrogens (tertiary/aromatic N) is 3. The van der Waals surface area contributed by atoms with Crippen LogP contribution in [0.2, 0.25) is 0 Å². The van der Waals surface area contributed by atoms with Crippen LogP contribution in [0.25, 0.3) is 0 Å². The first-order chi connectivity index (χ1) is 11.8. The molecule has 5 heteroatoms. The van der Waals surface area contributed by atoms with Crippen molar-refractivity contribution < 1.29 is 4.79 Å². The van der Waals surface area contributed by atoms with Crippen LogP contribution in [0.1, 0.15) is 23.2 Å². The summed E-state index contributed by atoms with van der Waals surface area (Å²) in [4.78, 5) is 21.2. The van der Waals surface area contributed by atoms with Crippen molar-refractivity contribution in [3.63, 3.8) is 0 Å². The van der Waals surface area contributed by atoms with E-state index in [1.165, 1.54) is 5.69 Å². The molecule has 5 nitrogen and oxygen atoms in total. The van der Waals surface area contributed by atoms with Gasteiger partial charge in [0.15, 0.2) is 0 Å². The van der Waals surface area contributed by atoms with Crippen molar-refractivity contribution in [1.82, 2.24) is 10.3 Å². The number of amides is 1. The van der Waals surface area contributed by atoms with Crippen molar-refractivity contribution in [2.45, 2.75) is 18.9 Å². The maximum atomic E-state index is 12.0. The molecule has 2 heterocycles. The molecule has 2 aliphatic rings. The van der Waals surface area contributed by atoms with E-state index in [4.69, 9.17) is 0 Å². The van der Waals surface area contributed by atoms with Crippen LogP contribution >= 0.6 is 0 Å². The smallest absolute Gasteiger partial charge is 0.253 e. The summed E-state index contributed by atoms with van der Waals surface area (Å²) in [5.74, 6) is 0.941. The summed E-state index contributed by atoms with van der Waals surface area (Å²) in [5.41, 5.74) is 1.92. The zero-order valence-electron chi connectivity index (χ0n) is 13.7. The topological polar surface area (TPSA) is 48.5 Å². The number of piperazine rings is 1. The Balaban J connectivity index is 1.36. The molecule has 2 aromatic rings. The normalized spacial score (nSPS) is 17.7. The second-order valence-electron chi connectivity index (χ2n) is 6.46. The number of anilines is 2. The number of nitrogens with one attached hydrogen (secondary N) is 1. The molecule has 1 saturated heterocycles. The van der Waals surface area contributed by atoms with Gasteiger partial charge in [0.1, 0.15) is 5.82 Å². The van der Waals surface area contributed by atoms with Gasteiger partial charge in [0, 0.05) is 44.1 Å². The number of para-hydroxylation sites is 1. The number of hydrogen-bond acceptors (Lipinski definition) is 4. The van der Waals surface area contributed by atoms with Gasteiger partial charge in [0.25, 0.3) is 5.91 Å². The highest BCUT2D eigenvalue weighted by atomic mass is 16.1. The molecule has 24 heavy (non-hydrogen) atoms. The van der Waals surface area contributed by atoms with Crippen LogP contribution in [0.5, 0.6) is 0 Å². The lowest BCUT2D eigenvalue weighted by atomic mass is 10.2. The molecule has 124 valence electrons. The number of rotatable bonds is 4. The summed E-state index contributed by atoms with van der Waals surface area (Å²) in [6.45, 7) is 3.84. The Morgan fingerprint density at radius 1 is 0.958 bits per heavy atom. The van der Waals surface area contributed by atoms with Gasteiger partial charge in [0.05, 0.1) is 5.56 Å². The van der Waals surface area contributed by atoms with E-state index in [-0.39, 0.29) is 5.91 Å². The van der Waals surface area contributed by atoms with Crippen LogP contribution in [-0.4, -0.2) is 43.1 Å². The van der Waals surface area contributed by atoms with E-state index >= 15 is 0 Å². The fourth-order valence-corrected chi connectivity index (χ4v) is 3.04. The van der Waals surface area contributed by atoms with Crippen LogP contribution in [0.3, 0.4) is 0 Å². The van der Waals surface area contributed by atoms with E-state index in [0.717, 1.165) is 44.8 Å². The molecule has 1 aromatic heterocycles. The number of benzene rings is 1. The average Bonchev–Trinajstić information content (AvgIpc) is 3.47. The molecule has 1 amide bonds. The number of hydrogen-bond donors (Lipinski definition) is 1. The number of carbonyl (C=O) groups is 1. The van der Waals surface area contributed by atoms with Gasteiger partial charge in [-0.2, -0.15) is 0 Å². The van der Waals surface area contributed by atoms with E-state index in [1.54, 1.807) is 6.20 Å². The van der Waals surface area contributed by atoms with Crippen LogP contribution in [0.15, 0.2) is 48.7 Å². The Kier molecular flexibility index (Phi) is 4.07. The second-order valence-corrected chi connectivity index (χ2v) is 6.46. The second kappa shape index (κ2) is 6.51. The van der Waals surface area contributed by atoms with Crippen LogP contribution < -0.4 is 15.1 Å². The summed E-state index contributed by atoms with van der Waals surface area (Å²) >= 11 is 0. The van der Waals surface area contributed by atoms with Gasteiger partial charge < -0.3 is 15.1 Å². The first-order valence-corrected chi connectivity index (χ1v) is 8.61. The molecular formula is C19H22N4O. The molecular weight excluding hydrogens is 300 g/mol. The van der Waals surface area contributed by atoms with E-state index < -0.39 is 0 Å². The first-order valence-electron chi connectivity index (χ1n) is 8.61. The quantitative estimate of drug-likeness (QED) is 0.938. The fourth-order valence-electron chi connectivity index (χ4n) is 3.04. The molecule has 1 N–H and O–H groups in total. The molecule has 2 fully saturated rings. The summed E-state index contributed by atoms with van der Waals surface area (Å²) < 4.78 is 0. The highest BCUT2D eigenvalue weighted by Crippen LogP contribution is 2.21. The van der Waals surface area contributed by atoms with Crippen LogP contribution in [0.4, 0.5) is 11.5 Å². The summed E-state index contributed by atoms with van der Waals surface area (Å²) in [6.07, 6.45) is 3.89. The molecule has 1 aliphatic carbocycles. The maximum Gasteiger partial charge on any atom is 0.253 e. The SMILES string of the molecule is O=C(NC1CC1)c1ccc(N2CCN(c3ccccc3)CC2)nc1. The molecule has 4 rings (SSSR count). The molecule has 0 bridgehead atoms. The molecule has 1 aliphatic heterocycles. The molecule has 1 aromatic carbocycles. The summed E-state index contributed by atoms with van der Waals surface area (Å²) in [7, 11) is 0. The fraction of sp³-hybridized carbons (Fsp3) is 0.368. The Morgan fingerprint density at radius 2 is 1.67 bits per heavy atom. The van der Waals surface area contributed by atoms with Crippen LogP contribution in [-0.2, 0) is 0 Å². The average molecular weight is 322 g/mol. The Hall–Kier alpha value is -2.56. The predicted molar refractivity (Wildman–Crippen MR) is 95.6 cm³/mol. The van der Waals surface area contributed by atoms with E-state index in [9.17, 15) is 4.79 Å². The monoisotopic (exact) mass is 322 g/mol. The van der Waals surface area contributed by atoms with Gasteiger partial charge >= 0.3 is 0 Å². The molecule has 1 saturated carbocycles. The third-order valence-electron chi connectivity index (χ3n) is 4.65. The van der Waals surface area contributed by atoms with E-state index in [1.807, 2.05) is 18.2 Å².